The van der Waals surface area contributed by atoms with Crippen molar-refractivity contribution in [2.75, 3.05) is 0 Å². The Bertz CT molecular complexity index is 566. The van der Waals surface area contributed by atoms with Gasteiger partial charge in [-0.05, 0) is 0 Å². The van der Waals surface area contributed by atoms with Crippen molar-refractivity contribution in [2.45, 2.75) is 72.6 Å². The number of hydrogen-bond acceptors (Lipinski definition) is 1. The standard InChI is InChI=1S/C9H6N.3C4H9.Sn/c1-2-4-9-7-10-6-5-8(9)3-1;3*1-3-4-2;/h1-6H;3*1,3-4H2,2H3;. The van der Waals surface area contributed by atoms with Crippen LogP contribution in [0.4, 0.5) is 0 Å². The molecule has 2 heteroatoms. The van der Waals surface area contributed by atoms with Crippen LogP contribution in [-0.2, 0) is 0 Å². The second-order valence-electron chi connectivity index (χ2n) is 6.97. The maximum atomic E-state index is 5.03. The van der Waals surface area contributed by atoms with Gasteiger partial charge in [-0.1, -0.05) is 0 Å². The van der Waals surface area contributed by atoms with Crippen molar-refractivity contribution in [3.63, 3.8) is 0 Å². The number of fused-ring (bicyclic) bond motifs is 1. The summed E-state index contributed by atoms with van der Waals surface area (Å²) in [7, 11) is 0. The molecule has 0 bridgehead atoms. The van der Waals surface area contributed by atoms with Crippen LogP contribution in [0.5, 0.6) is 0 Å². The van der Waals surface area contributed by atoms with Crippen LogP contribution in [0, 0.1) is 0 Å². The first-order valence-corrected chi connectivity index (χ1v) is 17.1. The SMILES string of the molecule is CCC[CH2][Sn]([CH2]CCC)([CH2]CCC)[c]1nccc2ccccc12. The van der Waals surface area contributed by atoms with E-state index in [1.54, 1.807) is 3.71 Å². The van der Waals surface area contributed by atoms with E-state index in [1.807, 2.05) is 0 Å². The molecule has 0 aliphatic carbocycles. The van der Waals surface area contributed by atoms with Gasteiger partial charge in [0.15, 0.2) is 0 Å². The Kier molecular flexibility index (Phi) is 7.88. The molecule has 1 heterocycles. The summed E-state index contributed by atoms with van der Waals surface area (Å²) in [6, 6.07) is 11.1. The summed E-state index contributed by atoms with van der Waals surface area (Å²) < 4.78 is 6.05. The summed E-state index contributed by atoms with van der Waals surface area (Å²) in [4.78, 5) is 5.03. The summed E-state index contributed by atoms with van der Waals surface area (Å²) in [6.45, 7) is 7.02. The van der Waals surface area contributed by atoms with E-state index in [-0.39, 0.29) is 0 Å². The Balaban J connectivity index is 2.51. The van der Waals surface area contributed by atoms with E-state index in [1.165, 1.54) is 62.6 Å². The number of rotatable bonds is 10. The van der Waals surface area contributed by atoms with E-state index in [0.29, 0.717) is 0 Å². The van der Waals surface area contributed by atoms with Crippen LogP contribution in [0.25, 0.3) is 10.8 Å². The van der Waals surface area contributed by atoms with Crippen molar-refractivity contribution in [2.24, 2.45) is 0 Å². The zero-order valence-electron chi connectivity index (χ0n) is 15.3. The second-order valence-corrected chi connectivity index (χ2v) is 19.9. The number of unbranched alkanes of at least 4 members (excludes halogenated alkanes) is 3. The zero-order chi connectivity index (χ0) is 16.5. The van der Waals surface area contributed by atoms with Gasteiger partial charge in [0.05, 0.1) is 0 Å². The fourth-order valence-corrected chi connectivity index (χ4v) is 20.1. The molecule has 0 saturated heterocycles. The van der Waals surface area contributed by atoms with Crippen molar-refractivity contribution in [1.82, 2.24) is 4.98 Å². The van der Waals surface area contributed by atoms with Crippen molar-refractivity contribution < 1.29 is 0 Å². The molecule has 23 heavy (non-hydrogen) atoms. The Morgan fingerprint density at radius 1 is 0.783 bits per heavy atom. The van der Waals surface area contributed by atoms with Crippen molar-refractivity contribution in [3.8, 4) is 0 Å². The van der Waals surface area contributed by atoms with Gasteiger partial charge >= 0.3 is 147 Å². The topological polar surface area (TPSA) is 12.9 Å². The molecule has 0 fully saturated rings. The van der Waals surface area contributed by atoms with E-state index in [4.69, 9.17) is 4.98 Å². The van der Waals surface area contributed by atoms with Crippen LogP contribution in [0.15, 0.2) is 36.5 Å². The van der Waals surface area contributed by atoms with Gasteiger partial charge in [-0.3, -0.25) is 0 Å². The summed E-state index contributed by atoms with van der Waals surface area (Å²) in [6.07, 6.45) is 10.2. The Morgan fingerprint density at radius 2 is 1.35 bits per heavy atom. The average molecular weight is 418 g/mol. The van der Waals surface area contributed by atoms with Gasteiger partial charge in [-0.15, -0.1) is 0 Å². The number of hydrogen-bond donors (Lipinski definition) is 0. The molecule has 0 saturated carbocycles. The molecular formula is C21H33NSn. The van der Waals surface area contributed by atoms with Gasteiger partial charge in [0.2, 0.25) is 0 Å². The van der Waals surface area contributed by atoms with E-state index in [2.05, 4.69) is 57.3 Å². The molecule has 1 nitrogen and oxygen atoms in total. The molecule has 1 aromatic heterocycles. The van der Waals surface area contributed by atoms with Crippen LogP contribution < -0.4 is 3.71 Å². The fraction of sp³-hybridized carbons (Fsp3) is 0.571. The normalized spacial score (nSPS) is 12.0. The Hall–Kier alpha value is -0.571. The summed E-state index contributed by atoms with van der Waals surface area (Å²) in [5.41, 5.74) is 0. The Labute approximate surface area is 146 Å². The molecule has 0 aliphatic rings. The Morgan fingerprint density at radius 3 is 1.91 bits per heavy atom. The third-order valence-electron chi connectivity index (χ3n) is 5.20. The van der Waals surface area contributed by atoms with Crippen molar-refractivity contribution in [3.05, 3.63) is 36.5 Å². The molecule has 126 valence electrons. The van der Waals surface area contributed by atoms with Gasteiger partial charge in [0, 0.05) is 0 Å². The third-order valence-corrected chi connectivity index (χ3v) is 20.4. The first-order chi connectivity index (χ1) is 11.3. The average Bonchev–Trinajstić information content (AvgIpc) is 2.61. The summed E-state index contributed by atoms with van der Waals surface area (Å²) in [5, 5.41) is 2.86. The van der Waals surface area contributed by atoms with Gasteiger partial charge in [0.1, 0.15) is 0 Å². The first-order valence-electron chi connectivity index (χ1n) is 9.61. The molecule has 0 amide bonds. The quantitative estimate of drug-likeness (QED) is 0.414. The predicted octanol–water partition coefficient (Wildman–Crippen LogP) is 6.29. The predicted molar refractivity (Wildman–Crippen MR) is 106 cm³/mol. The molecular weight excluding hydrogens is 385 g/mol. The number of aromatic nitrogens is 1. The molecule has 0 N–H and O–H groups in total. The molecule has 0 radical (unpaired) electrons. The fourth-order valence-electron chi connectivity index (χ4n) is 3.82. The van der Waals surface area contributed by atoms with Gasteiger partial charge in [-0.2, -0.15) is 0 Å². The van der Waals surface area contributed by atoms with E-state index in [0.717, 1.165) is 0 Å². The molecule has 0 atom stereocenters. The van der Waals surface area contributed by atoms with Crippen LogP contribution in [0.3, 0.4) is 0 Å². The summed E-state index contributed by atoms with van der Waals surface area (Å²) >= 11 is -2.42. The van der Waals surface area contributed by atoms with Crippen LogP contribution in [-0.4, -0.2) is 23.4 Å². The maximum absolute atomic E-state index is 5.03. The number of benzene rings is 1. The monoisotopic (exact) mass is 419 g/mol. The van der Waals surface area contributed by atoms with Crippen molar-refractivity contribution >= 4 is 32.9 Å². The van der Waals surface area contributed by atoms with Crippen LogP contribution in [0.1, 0.15) is 59.3 Å². The van der Waals surface area contributed by atoms with Gasteiger partial charge in [0.25, 0.3) is 0 Å². The molecule has 2 aromatic rings. The van der Waals surface area contributed by atoms with E-state index >= 15 is 0 Å². The summed E-state index contributed by atoms with van der Waals surface area (Å²) in [5.74, 6) is 0. The third kappa shape index (κ3) is 4.71. The van der Waals surface area contributed by atoms with E-state index < -0.39 is 18.4 Å². The second kappa shape index (κ2) is 9.66. The minimum atomic E-state index is -2.42. The van der Waals surface area contributed by atoms with Gasteiger partial charge in [-0.25, -0.2) is 0 Å². The van der Waals surface area contributed by atoms with Crippen LogP contribution >= 0.6 is 0 Å². The molecule has 0 spiro atoms. The zero-order valence-corrected chi connectivity index (χ0v) is 18.1. The number of pyridine rings is 1. The van der Waals surface area contributed by atoms with E-state index in [9.17, 15) is 0 Å². The molecule has 2 rings (SSSR count). The molecule has 0 unspecified atom stereocenters. The van der Waals surface area contributed by atoms with Gasteiger partial charge < -0.3 is 0 Å². The number of nitrogens with zero attached hydrogens (tertiary/aromatic N) is 1. The first kappa shape index (κ1) is 18.8. The molecule has 1 aromatic carbocycles. The molecule has 0 aliphatic heterocycles. The van der Waals surface area contributed by atoms with Crippen molar-refractivity contribution in [1.29, 1.82) is 0 Å². The minimum absolute atomic E-state index is 1.32. The van der Waals surface area contributed by atoms with Crippen LogP contribution in [0.2, 0.25) is 13.3 Å².